The van der Waals surface area contributed by atoms with Crippen LogP contribution in [0.25, 0.3) is 10.9 Å². The zero-order valence-electron chi connectivity index (χ0n) is 16.2. The predicted molar refractivity (Wildman–Crippen MR) is 105 cm³/mol. The SMILES string of the molecule is COc1cc2nc(N3CCOC4(CCN(C)CC4)C3)nc(N)c2cc1OC. The molecule has 2 aliphatic rings. The largest absolute Gasteiger partial charge is 0.493 e. The summed E-state index contributed by atoms with van der Waals surface area (Å²) in [6.07, 6.45) is 2.04. The van der Waals surface area contributed by atoms with E-state index in [0.29, 0.717) is 29.9 Å². The summed E-state index contributed by atoms with van der Waals surface area (Å²) in [5.74, 6) is 2.33. The lowest BCUT2D eigenvalue weighted by molar-refractivity contribution is -0.0886. The maximum absolute atomic E-state index is 6.25. The van der Waals surface area contributed by atoms with E-state index in [-0.39, 0.29) is 5.60 Å². The van der Waals surface area contributed by atoms with E-state index in [1.165, 1.54) is 0 Å². The van der Waals surface area contributed by atoms with E-state index >= 15 is 0 Å². The molecule has 2 N–H and O–H groups in total. The molecule has 3 heterocycles. The standard InChI is InChI=1S/C19H27N5O3/c1-23-6-4-19(5-7-23)12-24(8-9-27-19)18-21-14-11-16(26-3)15(25-2)10-13(14)17(20)22-18/h10-11H,4-9,12H2,1-3H3,(H2,20,21,22). The number of ether oxygens (including phenoxy) is 3. The van der Waals surface area contributed by atoms with Crippen LogP contribution in [0.3, 0.4) is 0 Å². The van der Waals surface area contributed by atoms with Crippen molar-refractivity contribution in [2.24, 2.45) is 0 Å². The van der Waals surface area contributed by atoms with Crippen molar-refractivity contribution in [1.82, 2.24) is 14.9 Å². The van der Waals surface area contributed by atoms with Gasteiger partial charge < -0.3 is 29.7 Å². The van der Waals surface area contributed by atoms with E-state index in [2.05, 4.69) is 21.8 Å². The van der Waals surface area contributed by atoms with Gasteiger partial charge in [0.2, 0.25) is 5.95 Å². The van der Waals surface area contributed by atoms with Crippen molar-refractivity contribution < 1.29 is 14.2 Å². The summed E-state index contributed by atoms with van der Waals surface area (Å²) in [7, 11) is 5.37. The van der Waals surface area contributed by atoms with Crippen molar-refractivity contribution in [3.63, 3.8) is 0 Å². The number of nitrogens with two attached hydrogens (primary N) is 1. The van der Waals surface area contributed by atoms with Crippen LogP contribution >= 0.6 is 0 Å². The minimum Gasteiger partial charge on any atom is -0.493 e. The number of methoxy groups -OCH3 is 2. The van der Waals surface area contributed by atoms with Gasteiger partial charge in [0.1, 0.15) is 5.82 Å². The summed E-state index contributed by atoms with van der Waals surface area (Å²) in [5, 5.41) is 0.763. The van der Waals surface area contributed by atoms with Crippen molar-refractivity contribution in [3.05, 3.63) is 12.1 Å². The summed E-state index contributed by atoms with van der Waals surface area (Å²) in [5.41, 5.74) is 6.89. The molecule has 2 saturated heterocycles. The third-order valence-corrected chi connectivity index (χ3v) is 5.65. The molecule has 0 radical (unpaired) electrons. The Morgan fingerprint density at radius 1 is 1.07 bits per heavy atom. The van der Waals surface area contributed by atoms with Gasteiger partial charge in [0.15, 0.2) is 11.5 Å². The van der Waals surface area contributed by atoms with E-state index in [4.69, 9.17) is 24.9 Å². The zero-order chi connectivity index (χ0) is 19.0. The van der Waals surface area contributed by atoms with Gasteiger partial charge in [0, 0.05) is 31.1 Å². The highest BCUT2D eigenvalue weighted by molar-refractivity contribution is 5.91. The van der Waals surface area contributed by atoms with E-state index in [9.17, 15) is 0 Å². The Hall–Kier alpha value is -2.32. The van der Waals surface area contributed by atoms with Gasteiger partial charge >= 0.3 is 0 Å². The molecule has 0 aliphatic carbocycles. The third-order valence-electron chi connectivity index (χ3n) is 5.65. The molecule has 0 bridgehead atoms. The summed E-state index contributed by atoms with van der Waals surface area (Å²) in [6, 6.07) is 3.67. The molecule has 2 aliphatic heterocycles. The fourth-order valence-corrected chi connectivity index (χ4v) is 3.95. The maximum atomic E-state index is 6.25. The van der Waals surface area contributed by atoms with Crippen LogP contribution in [0.5, 0.6) is 11.5 Å². The normalized spacial score (nSPS) is 20.2. The van der Waals surface area contributed by atoms with E-state index in [1.807, 2.05) is 12.1 Å². The second-order valence-electron chi connectivity index (χ2n) is 7.39. The fourth-order valence-electron chi connectivity index (χ4n) is 3.95. The average Bonchev–Trinajstić information content (AvgIpc) is 2.69. The maximum Gasteiger partial charge on any atom is 0.228 e. The number of hydrogen-bond donors (Lipinski definition) is 1. The number of nitrogen functional groups attached to an aromatic ring is 1. The number of likely N-dealkylation sites (tertiary alicyclic amines) is 1. The predicted octanol–water partition coefficient (Wildman–Crippen LogP) is 1.53. The van der Waals surface area contributed by atoms with Crippen molar-refractivity contribution in [2.45, 2.75) is 18.4 Å². The molecule has 27 heavy (non-hydrogen) atoms. The van der Waals surface area contributed by atoms with Crippen molar-refractivity contribution >= 4 is 22.7 Å². The average molecular weight is 373 g/mol. The fraction of sp³-hybridized carbons (Fsp3) is 0.579. The molecule has 0 unspecified atom stereocenters. The van der Waals surface area contributed by atoms with Crippen molar-refractivity contribution in [2.75, 3.05) is 64.7 Å². The molecule has 146 valence electrons. The summed E-state index contributed by atoms with van der Waals surface area (Å²) >= 11 is 0. The second kappa shape index (κ2) is 7.01. The number of morpholine rings is 1. The molecule has 1 spiro atoms. The molecule has 0 saturated carbocycles. The van der Waals surface area contributed by atoms with Gasteiger partial charge in [-0.15, -0.1) is 0 Å². The molecule has 1 aromatic heterocycles. The van der Waals surface area contributed by atoms with Crippen LogP contribution < -0.4 is 20.1 Å². The molecule has 1 aromatic carbocycles. The van der Waals surface area contributed by atoms with Gasteiger partial charge in [-0.2, -0.15) is 4.98 Å². The van der Waals surface area contributed by atoms with Gasteiger partial charge in [0.05, 0.1) is 38.5 Å². The first-order chi connectivity index (χ1) is 13.0. The van der Waals surface area contributed by atoms with Gasteiger partial charge in [-0.05, 0) is 26.0 Å². The number of fused-ring (bicyclic) bond motifs is 1. The van der Waals surface area contributed by atoms with Crippen LogP contribution in [0.2, 0.25) is 0 Å². The molecule has 0 amide bonds. The first-order valence-electron chi connectivity index (χ1n) is 9.30. The van der Waals surface area contributed by atoms with E-state index in [0.717, 1.165) is 49.9 Å². The first kappa shape index (κ1) is 18.1. The molecule has 4 rings (SSSR count). The van der Waals surface area contributed by atoms with Crippen LogP contribution in [0.15, 0.2) is 12.1 Å². The molecular formula is C19H27N5O3. The van der Waals surface area contributed by atoms with Gasteiger partial charge in [-0.25, -0.2) is 4.98 Å². The van der Waals surface area contributed by atoms with Crippen molar-refractivity contribution in [3.8, 4) is 11.5 Å². The second-order valence-corrected chi connectivity index (χ2v) is 7.39. The Bertz CT molecular complexity index is 836. The topological polar surface area (TPSA) is 86.0 Å². The molecule has 8 nitrogen and oxygen atoms in total. The van der Waals surface area contributed by atoms with Crippen LogP contribution in [0.4, 0.5) is 11.8 Å². The molecular weight excluding hydrogens is 346 g/mol. The number of aromatic nitrogens is 2. The lowest BCUT2D eigenvalue weighted by Gasteiger charge is -2.46. The summed E-state index contributed by atoms with van der Waals surface area (Å²) in [6.45, 7) is 4.32. The lowest BCUT2D eigenvalue weighted by atomic mass is 9.89. The smallest absolute Gasteiger partial charge is 0.228 e. The minimum absolute atomic E-state index is 0.116. The van der Waals surface area contributed by atoms with Crippen LogP contribution in [-0.4, -0.2) is 74.5 Å². The van der Waals surface area contributed by atoms with Gasteiger partial charge in [0.25, 0.3) is 0 Å². The zero-order valence-corrected chi connectivity index (χ0v) is 16.2. The van der Waals surface area contributed by atoms with Gasteiger partial charge in [-0.3, -0.25) is 0 Å². The molecule has 2 fully saturated rings. The van der Waals surface area contributed by atoms with Crippen LogP contribution in [0, 0.1) is 0 Å². The van der Waals surface area contributed by atoms with Gasteiger partial charge in [-0.1, -0.05) is 0 Å². The Labute approximate surface area is 159 Å². The number of benzene rings is 1. The molecule has 0 atom stereocenters. The minimum atomic E-state index is -0.116. The highest BCUT2D eigenvalue weighted by atomic mass is 16.5. The Morgan fingerprint density at radius 3 is 2.48 bits per heavy atom. The first-order valence-corrected chi connectivity index (χ1v) is 9.30. The number of anilines is 2. The molecule has 2 aromatic rings. The van der Waals surface area contributed by atoms with E-state index in [1.54, 1.807) is 14.2 Å². The summed E-state index contributed by atoms with van der Waals surface area (Å²) < 4.78 is 17.0. The quantitative estimate of drug-likeness (QED) is 0.867. The Kier molecular flexibility index (Phi) is 4.69. The van der Waals surface area contributed by atoms with Crippen molar-refractivity contribution in [1.29, 1.82) is 0 Å². The third kappa shape index (κ3) is 3.35. The Morgan fingerprint density at radius 2 is 1.78 bits per heavy atom. The van der Waals surface area contributed by atoms with E-state index < -0.39 is 0 Å². The summed E-state index contributed by atoms with van der Waals surface area (Å²) in [4.78, 5) is 13.9. The Balaban J connectivity index is 1.67. The highest BCUT2D eigenvalue weighted by Crippen LogP contribution is 2.35. The molecule has 8 heteroatoms. The monoisotopic (exact) mass is 373 g/mol. The van der Waals surface area contributed by atoms with Crippen LogP contribution in [-0.2, 0) is 4.74 Å². The number of rotatable bonds is 3. The number of hydrogen-bond acceptors (Lipinski definition) is 8. The number of piperidine rings is 1. The number of nitrogens with zero attached hydrogens (tertiary/aromatic N) is 4. The lowest BCUT2D eigenvalue weighted by Crippen LogP contribution is -2.56. The van der Waals surface area contributed by atoms with Crippen LogP contribution in [0.1, 0.15) is 12.8 Å². The highest BCUT2D eigenvalue weighted by Gasteiger charge is 2.39.